The largest absolute Gasteiger partial charge is 0.461 e. The van der Waals surface area contributed by atoms with E-state index in [2.05, 4.69) is 0 Å². The summed E-state index contributed by atoms with van der Waals surface area (Å²) in [5.41, 5.74) is 10.4. The number of hydrogen-bond donors (Lipinski definition) is 1. The second-order valence-corrected chi connectivity index (χ2v) is 7.15. The van der Waals surface area contributed by atoms with E-state index in [0.29, 0.717) is 16.4 Å². The van der Waals surface area contributed by atoms with Crippen molar-refractivity contribution < 1.29 is 9.53 Å². The topological polar surface area (TPSA) is 69.6 Å². The molecule has 0 aliphatic carbocycles. The van der Waals surface area contributed by atoms with Crippen molar-refractivity contribution in [3.05, 3.63) is 64.8 Å². The molecule has 0 radical (unpaired) electrons. The number of carbonyl (C=O) groups is 1. The summed E-state index contributed by atoms with van der Waals surface area (Å²) in [6.45, 7) is 2.05. The van der Waals surface area contributed by atoms with Crippen molar-refractivity contribution in [3.8, 4) is 21.8 Å². The van der Waals surface area contributed by atoms with E-state index in [9.17, 15) is 4.79 Å². The van der Waals surface area contributed by atoms with Gasteiger partial charge < -0.3 is 14.9 Å². The van der Waals surface area contributed by atoms with E-state index in [1.807, 2.05) is 47.8 Å². The molecule has 2 N–H and O–H groups in total. The van der Waals surface area contributed by atoms with Gasteiger partial charge in [0, 0.05) is 22.2 Å². The lowest BCUT2D eigenvalue weighted by Gasteiger charge is -2.03. The zero-order valence-corrected chi connectivity index (χ0v) is 16.1. The molecule has 0 aliphatic rings. The summed E-state index contributed by atoms with van der Waals surface area (Å²) >= 11 is 7.44. The molecule has 0 atom stereocenters. The van der Waals surface area contributed by atoms with E-state index >= 15 is 0 Å². The van der Waals surface area contributed by atoms with Crippen molar-refractivity contribution in [1.82, 2.24) is 9.38 Å². The van der Waals surface area contributed by atoms with Gasteiger partial charge >= 0.3 is 5.97 Å². The number of pyridine rings is 1. The SMILES string of the molecule is CCOC(=O)c1c(N)c(-c2nc(-c3ccc(Cl)cc3)cs2)c2ccccn12. The Morgan fingerprint density at radius 1 is 1.26 bits per heavy atom. The van der Waals surface area contributed by atoms with E-state index in [4.69, 9.17) is 27.1 Å². The molecule has 0 amide bonds. The predicted octanol–water partition coefficient (Wildman–Crippen LogP) is 5.14. The molecule has 3 aromatic heterocycles. The lowest BCUT2D eigenvalue weighted by molar-refractivity contribution is 0.0520. The van der Waals surface area contributed by atoms with Gasteiger partial charge in [0.1, 0.15) is 5.01 Å². The first-order chi connectivity index (χ1) is 13.1. The van der Waals surface area contributed by atoms with Gasteiger partial charge in [-0.25, -0.2) is 9.78 Å². The normalized spacial score (nSPS) is 11.0. The number of nitrogens with zero attached hydrogens (tertiary/aromatic N) is 2. The third-order valence-corrected chi connectivity index (χ3v) is 5.32. The van der Waals surface area contributed by atoms with Crippen LogP contribution in [0.2, 0.25) is 5.02 Å². The van der Waals surface area contributed by atoms with Gasteiger partial charge in [-0.15, -0.1) is 11.3 Å². The van der Waals surface area contributed by atoms with Gasteiger partial charge in [0.15, 0.2) is 5.69 Å². The van der Waals surface area contributed by atoms with Crippen LogP contribution >= 0.6 is 22.9 Å². The van der Waals surface area contributed by atoms with Gasteiger partial charge in [-0.3, -0.25) is 0 Å². The molecule has 4 rings (SSSR count). The van der Waals surface area contributed by atoms with Crippen molar-refractivity contribution in [1.29, 1.82) is 0 Å². The molecule has 0 saturated heterocycles. The second kappa shape index (κ2) is 7.06. The lowest BCUT2D eigenvalue weighted by atomic mass is 10.2. The molecule has 0 bridgehead atoms. The molecule has 27 heavy (non-hydrogen) atoms. The van der Waals surface area contributed by atoms with Gasteiger partial charge in [-0.05, 0) is 31.2 Å². The minimum absolute atomic E-state index is 0.283. The molecule has 0 fully saturated rings. The predicted molar refractivity (Wildman–Crippen MR) is 109 cm³/mol. The number of esters is 1. The summed E-state index contributed by atoms with van der Waals surface area (Å²) in [5, 5.41) is 3.39. The molecule has 0 spiro atoms. The average molecular weight is 398 g/mol. The van der Waals surface area contributed by atoms with E-state index in [1.165, 1.54) is 11.3 Å². The number of benzene rings is 1. The second-order valence-electron chi connectivity index (χ2n) is 5.86. The molecule has 0 unspecified atom stereocenters. The summed E-state index contributed by atoms with van der Waals surface area (Å²) in [6.07, 6.45) is 1.80. The molecular weight excluding hydrogens is 382 g/mol. The van der Waals surface area contributed by atoms with Crippen LogP contribution in [0, 0.1) is 0 Å². The van der Waals surface area contributed by atoms with Gasteiger partial charge in [0.2, 0.25) is 0 Å². The minimum atomic E-state index is -0.447. The Balaban J connectivity index is 1.86. The number of nitrogens with two attached hydrogens (primary N) is 1. The van der Waals surface area contributed by atoms with Crippen LogP contribution in [0.4, 0.5) is 5.69 Å². The number of aromatic nitrogens is 2. The van der Waals surface area contributed by atoms with E-state index in [1.54, 1.807) is 17.5 Å². The highest BCUT2D eigenvalue weighted by atomic mass is 35.5. The summed E-state index contributed by atoms with van der Waals surface area (Å²) < 4.78 is 6.94. The number of fused-ring (bicyclic) bond motifs is 1. The fraction of sp³-hybridized carbons (Fsp3) is 0.100. The Kier molecular flexibility index (Phi) is 4.59. The first-order valence-electron chi connectivity index (χ1n) is 8.37. The Bertz CT molecular complexity index is 1130. The Hall–Kier alpha value is -2.83. The molecule has 7 heteroatoms. The van der Waals surface area contributed by atoms with Crippen LogP contribution in [-0.4, -0.2) is 22.0 Å². The number of hydrogen-bond acceptors (Lipinski definition) is 5. The van der Waals surface area contributed by atoms with Crippen molar-refractivity contribution >= 4 is 40.1 Å². The molecule has 0 aliphatic heterocycles. The first-order valence-corrected chi connectivity index (χ1v) is 9.63. The monoisotopic (exact) mass is 397 g/mol. The van der Waals surface area contributed by atoms with Crippen LogP contribution in [0.1, 0.15) is 17.4 Å². The minimum Gasteiger partial charge on any atom is -0.461 e. The smallest absolute Gasteiger partial charge is 0.357 e. The van der Waals surface area contributed by atoms with E-state index in [-0.39, 0.29) is 6.61 Å². The van der Waals surface area contributed by atoms with Crippen LogP contribution in [0.3, 0.4) is 0 Å². The molecule has 5 nitrogen and oxygen atoms in total. The van der Waals surface area contributed by atoms with Crippen LogP contribution in [0.25, 0.3) is 27.3 Å². The molecule has 136 valence electrons. The summed E-state index contributed by atoms with van der Waals surface area (Å²) in [4.78, 5) is 17.2. The standard InChI is InChI=1S/C20H16ClN3O2S/c1-2-26-20(25)18-17(22)16(15-5-3-4-10-24(15)18)19-23-14(11-27-19)12-6-8-13(21)9-7-12/h3-11H,2,22H2,1H3. The Morgan fingerprint density at radius 3 is 2.78 bits per heavy atom. The summed E-state index contributed by atoms with van der Waals surface area (Å²) in [7, 11) is 0. The molecular formula is C20H16ClN3O2S. The molecule has 4 aromatic rings. The lowest BCUT2D eigenvalue weighted by Crippen LogP contribution is -2.10. The van der Waals surface area contributed by atoms with Crippen molar-refractivity contribution in [2.24, 2.45) is 0 Å². The number of carbonyl (C=O) groups excluding carboxylic acids is 1. The van der Waals surface area contributed by atoms with Crippen LogP contribution in [0.5, 0.6) is 0 Å². The van der Waals surface area contributed by atoms with Gasteiger partial charge in [-0.1, -0.05) is 29.8 Å². The van der Waals surface area contributed by atoms with Gasteiger partial charge in [0.25, 0.3) is 0 Å². The maximum Gasteiger partial charge on any atom is 0.357 e. The number of anilines is 1. The van der Waals surface area contributed by atoms with Crippen molar-refractivity contribution in [2.75, 3.05) is 12.3 Å². The number of rotatable bonds is 4. The van der Waals surface area contributed by atoms with E-state index in [0.717, 1.165) is 27.3 Å². The third kappa shape index (κ3) is 3.07. The third-order valence-electron chi connectivity index (χ3n) is 4.21. The Morgan fingerprint density at radius 2 is 2.04 bits per heavy atom. The average Bonchev–Trinajstić information content (AvgIpc) is 3.24. The molecule has 1 aromatic carbocycles. The number of ether oxygens (including phenoxy) is 1. The summed E-state index contributed by atoms with van der Waals surface area (Å²) in [5.74, 6) is -0.447. The highest BCUT2D eigenvalue weighted by molar-refractivity contribution is 7.13. The van der Waals surface area contributed by atoms with Crippen LogP contribution in [0.15, 0.2) is 54.0 Å². The summed E-state index contributed by atoms with van der Waals surface area (Å²) in [6, 6.07) is 13.2. The number of thiazole rings is 1. The maximum absolute atomic E-state index is 12.4. The number of halogens is 1. The fourth-order valence-electron chi connectivity index (χ4n) is 3.00. The number of nitrogen functional groups attached to an aromatic ring is 1. The zero-order chi connectivity index (χ0) is 19.0. The highest BCUT2D eigenvalue weighted by Gasteiger charge is 2.24. The fourth-order valence-corrected chi connectivity index (χ4v) is 4.02. The molecule has 3 heterocycles. The maximum atomic E-state index is 12.4. The van der Waals surface area contributed by atoms with Gasteiger partial charge in [0.05, 0.1) is 29.1 Å². The van der Waals surface area contributed by atoms with E-state index < -0.39 is 5.97 Å². The van der Waals surface area contributed by atoms with Crippen molar-refractivity contribution in [2.45, 2.75) is 6.92 Å². The van der Waals surface area contributed by atoms with Crippen LogP contribution in [-0.2, 0) is 4.74 Å². The molecule has 0 saturated carbocycles. The highest BCUT2D eigenvalue weighted by Crippen LogP contribution is 2.39. The zero-order valence-electron chi connectivity index (χ0n) is 14.5. The van der Waals surface area contributed by atoms with Crippen LogP contribution < -0.4 is 5.73 Å². The van der Waals surface area contributed by atoms with Crippen molar-refractivity contribution in [3.63, 3.8) is 0 Å². The Labute approximate surface area is 165 Å². The first kappa shape index (κ1) is 17.6. The van der Waals surface area contributed by atoms with Gasteiger partial charge in [-0.2, -0.15) is 0 Å². The quantitative estimate of drug-likeness (QED) is 0.484.